The summed E-state index contributed by atoms with van der Waals surface area (Å²) < 4.78 is 21.0. The second-order valence-corrected chi connectivity index (χ2v) is 30.7. The highest BCUT2D eigenvalue weighted by molar-refractivity contribution is 7.00. The van der Waals surface area contributed by atoms with Crippen molar-refractivity contribution < 1.29 is 0 Å². The van der Waals surface area contributed by atoms with Crippen molar-refractivity contribution in [3.8, 4) is 141 Å². The molecule has 0 aliphatic heterocycles. The predicted octanol–water partition coefficient (Wildman–Crippen LogP) is 27.5. The number of fused-ring (bicyclic) bond motifs is 13. The molecule has 0 amide bonds. The Bertz CT molecular complexity index is 7700. The third-order valence-electron chi connectivity index (χ3n) is 22.4. The molecular weight excluding hydrogens is 1490 g/mol. The Morgan fingerprint density at radius 3 is 0.941 bits per heavy atom. The van der Waals surface area contributed by atoms with Crippen molar-refractivity contribution in [2.45, 2.75) is 0 Å². The largest absolute Gasteiger partial charge is 0.309 e. The summed E-state index contributed by atoms with van der Waals surface area (Å²) in [6.45, 7) is 0. The fraction of sp³-hybridized carbons (Fsp3) is 0. The van der Waals surface area contributed by atoms with Gasteiger partial charge in [0.05, 0.1) is 79.7 Å². The van der Waals surface area contributed by atoms with Crippen molar-refractivity contribution in [1.29, 1.82) is 0 Å². The maximum atomic E-state index is 5.31. The number of pyridine rings is 2. The van der Waals surface area contributed by atoms with E-state index in [0.29, 0.717) is 11.6 Å². The van der Waals surface area contributed by atoms with Gasteiger partial charge in [-0.2, -0.15) is 17.5 Å². The normalized spacial score (nSPS) is 11.5. The number of hydrogen-bond donors (Lipinski definition) is 0. The molecule has 7 heterocycles. The zero-order chi connectivity index (χ0) is 78.7. The highest BCUT2D eigenvalue weighted by Gasteiger charge is 2.22. The minimum absolute atomic E-state index is 0.670. The first-order chi connectivity index (χ1) is 58.9. The highest BCUT2D eigenvalue weighted by atomic mass is 32.1. The van der Waals surface area contributed by atoms with E-state index in [2.05, 4.69) is 353 Å². The summed E-state index contributed by atoms with van der Waals surface area (Å²) in [5.41, 5.74) is 31.1. The van der Waals surface area contributed by atoms with Gasteiger partial charge in [-0.05, 0) is 142 Å². The van der Waals surface area contributed by atoms with E-state index in [1.54, 1.807) is 0 Å². The van der Waals surface area contributed by atoms with E-state index in [1.165, 1.54) is 45.3 Å². The van der Waals surface area contributed by atoms with E-state index in [4.69, 9.17) is 38.7 Å². The SMILES string of the molecule is c1ccc(-c2cccc(-c3cc(-c4cccc(-c5ccc6c(c5)nc(-c5ccccc5)c5ccc7nsnc7c56)c4)nc(-c4cccc(-c5ccccc5)c4)n3)c2)cc1.c1ccc(-c2nc(-c3ccc(-n4c5ccccc5c5ccccc54)cc3)cc(-c3cccc(-c4ccc5c(c4)nc(-c4ccccc4)c4ccc6nsnc6c45)c3)n2)cc1. The third-order valence-corrected chi connectivity index (χ3v) is 23.5. The van der Waals surface area contributed by atoms with Crippen molar-refractivity contribution >= 4 is 111 Å². The second-order valence-electron chi connectivity index (χ2n) is 29.6. The summed E-state index contributed by atoms with van der Waals surface area (Å²) in [7, 11) is 0. The molecule has 0 saturated heterocycles. The molecule has 23 aromatic rings. The van der Waals surface area contributed by atoms with Gasteiger partial charge in [0.15, 0.2) is 11.6 Å². The van der Waals surface area contributed by atoms with Gasteiger partial charge in [-0.15, -0.1) is 0 Å². The van der Waals surface area contributed by atoms with Gasteiger partial charge in [0.25, 0.3) is 0 Å². The second kappa shape index (κ2) is 30.0. The molecule has 11 nitrogen and oxygen atoms in total. The number of para-hydroxylation sites is 2. The molecule has 0 saturated carbocycles. The van der Waals surface area contributed by atoms with Crippen LogP contribution in [0.15, 0.2) is 394 Å². The first-order valence-corrected chi connectivity index (χ1v) is 41.0. The molecule has 119 heavy (non-hydrogen) atoms. The van der Waals surface area contributed by atoms with Gasteiger partial charge in [-0.25, -0.2) is 29.9 Å². The van der Waals surface area contributed by atoms with Crippen LogP contribution in [0.2, 0.25) is 0 Å². The van der Waals surface area contributed by atoms with Crippen LogP contribution in [0.4, 0.5) is 0 Å². The van der Waals surface area contributed by atoms with Gasteiger partial charge in [0, 0.05) is 93.3 Å². The van der Waals surface area contributed by atoms with Gasteiger partial charge in [0.2, 0.25) is 0 Å². The highest BCUT2D eigenvalue weighted by Crippen LogP contribution is 2.43. The lowest BCUT2D eigenvalue weighted by Crippen LogP contribution is -1.97. The Kier molecular flexibility index (Phi) is 17.7. The molecule has 0 fully saturated rings. The fourth-order valence-corrected chi connectivity index (χ4v) is 17.7. The average Bonchev–Trinajstić information content (AvgIpc) is 1.73. The molecular formula is C106H65N11S2. The molecule has 23 rings (SSSR count). The van der Waals surface area contributed by atoms with Crippen LogP contribution in [0.25, 0.3) is 228 Å². The maximum absolute atomic E-state index is 5.31. The van der Waals surface area contributed by atoms with Crippen molar-refractivity contribution in [2.75, 3.05) is 0 Å². The summed E-state index contributed by atoms with van der Waals surface area (Å²) in [5.74, 6) is 1.35. The molecule has 0 radical (unpaired) electrons. The van der Waals surface area contributed by atoms with Gasteiger partial charge < -0.3 is 4.57 Å². The minimum Gasteiger partial charge on any atom is -0.309 e. The van der Waals surface area contributed by atoms with Crippen LogP contribution in [0.1, 0.15) is 0 Å². The van der Waals surface area contributed by atoms with Crippen LogP contribution in [-0.4, -0.2) is 52.0 Å². The summed E-state index contributed by atoms with van der Waals surface area (Å²) in [4.78, 5) is 31.4. The molecule has 0 spiro atoms. The fourth-order valence-electron chi connectivity index (χ4n) is 16.7. The lowest BCUT2D eigenvalue weighted by molar-refractivity contribution is 1.17. The summed E-state index contributed by atoms with van der Waals surface area (Å²) in [6.07, 6.45) is 0. The molecule has 16 aromatic carbocycles. The average molecular weight is 1560 g/mol. The number of aromatic nitrogens is 11. The first kappa shape index (κ1) is 70.1. The minimum atomic E-state index is 0.670. The number of rotatable bonds is 13. The predicted molar refractivity (Wildman–Crippen MR) is 491 cm³/mol. The Balaban J connectivity index is 0.000000143. The van der Waals surface area contributed by atoms with Crippen molar-refractivity contribution in [3.05, 3.63) is 394 Å². The number of hydrogen-bond acceptors (Lipinski definition) is 12. The van der Waals surface area contributed by atoms with E-state index in [0.717, 1.165) is 194 Å². The van der Waals surface area contributed by atoms with Crippen LogP contribution < -0.4 is 0 Å². The van der Waals surface area contributed by atoms with E-state index in [9.17, 15) is 0 Å². The molecule has 7 aromatic heterocycles. The molecule has 0 aliphatic rings. The Labute approximate surface area is 692 Å². The van der Waals surface area contributed by atoms with Crippen LogP contribution >= 0.6 is 23.5 Å². The van der Waals surface area contributed by atoms with Crippen molar-refractivity contribution in [3.63, 3.8) is 0 Å². The lowest BCUT2D eigenvalue weighted by atomic mass is 9.95. The molecule has 0 unspecified atom stereocenters. The lowest BCUT2D eigenvalue weighted by Gasteiger charge is -2.13. The number of nitrogens with zero attached hydrogens (tertiary/aromatic N) is 11. The molecule has 0 bridgehead atoms. The maximum Gasteiger partial charge on any atom is 0.160 e. The zero-order valence-electron chi connectivity index (χ0n) is 63.8. The van der Waals surface area contributed by atoms with Gasteiger partial charge in [0.1, 0.15) is 22.1 Å². The van der Waals surface area contributed by atoms with Crippen LogP contribution in [0.5, 0.6) is 0 Å². The monoisotopic (exact) mass is 1560 g/mol. The van der Waals surface area contributed by atoms with Gasteiger partial charge in [-0.1, -0.05) is 297 Å². The van der Waals surface area contributed by atoms with Crippen LogP contribution in [-0.2, 0) is 0 Å². The molecule has 0 aliphatic carbocycles. The molecule has 0 N–H and O–H groups in total. The standard InChI is InChI=1S/C53H32N6S.C53H33N5S/c1-3-12-34(13-4-1)51-43-28-29-44-52(58-60-57-44)50(43)42-27-24-37(31-47(42)54-51)36-16-11-17-38(30-36)46-32-45(55-53(56-46)35-14-5-2-6-15-35)33-22-25-39(26-23-33)59-48-20-9-7-18-40(48)41-19-8-10-21-49(41)59;1-4-13-34(14-5-1)37-19-10-22-41(29-37)47-33-48(56-53(55-47)43-24-12-20-38(31-43)35-15-6-2-7-16-35)42-23-11-21-39(30-42)40-25-26-44-49(32-40)54-51(36-17-8-3-9-18-36)45-27-28-46-52(50(44)45)58-59-57-46/h1-32H;1-33H. The number of benzene rings is 16. The Morgan fingerprint density at radius 2 is 0.504 bits per heavy atom. The smallest absolute Gasteiger partial charge is 0.160 e. The molecule has 13 heteroatoms. The van der Waals surface area contributed by atoms with E-state index >= 15 is 0 Å². The van der Waals surface area contributed by atoms with Crippen LogP contribution in [0, 0.1) is 0 Å². The van der Waals surface area contributed by atoms with Gasteiger partial charge >= 0.3 is 0 Å². The quantitative estimate of drug-likeness (QED) is 0.103. The summed E-state index contributed by atoms with van der Waals surface area (Å²) in [6, 6.07) is 138. The van der Waals surface area contributed by atoms with Crippen molar-refractivity contribution in [2.24, 2.45) is 0 Å². The first-order valence-electron chi connectivity index (χ1n) is 39.5. The zero-order valence-corrected chi connectivity index (χ0v) is 65.4. The van der Waals surface area contributed by atoms with E-state index in [-0.39, 0.29) is 0 Å². The Hall–Kier alpha value is -15.5. The van der Waals surface area contributed by atoms with E-state index < -0.39 is 0 Å². The molecule has 0 atom stereocenters. The third kappa shape index (κ3) is 13.1. The van der Waals surface area contributed by atoms with Gasteiger partial charge in [-0.3, -0.25) is 0 Å². The van der Waals surface area contributed by atoms with E-state index in [1.807, 2.05) is 54.6 Å². The molecule has 556 valence electrons. The Morgan fingerprint density at radius 1 is 0.185 bits per heavy atom. The summed E-state index contributed by atoms with van der Waals surface area (Å²) >= 11 is 2.49. The topological polar surface area (TPSA) is 134 Å². The summed E-state index contributed by atoms with van der Waals surface area (Å²) in [5, 5.41) is 8.89. The van der Waals surface area contributed by atoms with Crippen molar-refractivity contribution in [1.82, 2.24) is 52.0 Å². The van der Waals surface area contributed by atoms with Crippen LogP contribution in [0.3, 0.4) is 0 Å².